The molecule has 1 aromatic rings. The topological polar surface area (TPSA) is 93.1 Å². The third-order valence-electron chi connectivity index (χ3n) is 9.05. The number of hydrogen-bond donors (Lipinski definition) is 2. The summed E-state index contributed by atoms with van der Waals surface area (Å²) in [6, 6.07) is 6.89. The average Bonchev–Trinajstić information content (AvgIpc) is 3.10. The van der Waals surface area contributed by atoms with E-state index in [0.29, 0.717) is 12.3 Å². The summed E-state index contributed by atoms with van der Waals surface area (Å²) in [7, 11) is 0. The highest BCUT2D eigenvalue weighted by molar-refractivity contribution is 5.87. The van der Waals surface area contributed by atoms with Crippen molar-refractivity contribution < 1.29 is 29.3 Å². The van der Waals surface area contributed by atoms with Crippen molar-refractivity contribution in [1.29, 1.82) is 0 Å². The lowest BCUT2D eigenvalue weighted by Crippen LogP contribution is -2.25. The lowest BCUT2D eigenvalue weighted by Gasteiger charge is -2.26. The van der Waals surface area contributed by atoms with Crippen molar-refractivity contribution in [2.75, 3.05) is 26.4 Å². The Labute approximate surface area is 282 Å². The van der Waals surface area contributed by atoms with Crippen LogP contribution < -0.4 is 0 Å². The fraction of sp³-hybridized carbons (Fsp3) is 0.463. The van der Waals surface area contributed by atoms with Crippen LogP contribution in [0.2, 0.25) is 0 Å². The van der Waals surface area contributed by atoms with E-state index in [2.05, 4.69) is 87.7 Å². The molecule has 254 valence electrons. The van der Waals surface area contributed by atoms with Crippen LogP contribution in [-0.2, 0) is 38.3 Å². The number of aliphatic hydroxyl groups is 2. The molecule has 6 nitrogen and oxygen atoms in total. The Morgan fingerprint density at radius 1 is 1.00 bits per heavy atom. The van der Waals surface area contributed by atoms with Gasteiger partial charge in [0, 0.05) is 11.8 Å². The Morgan fingerprint density at radius 2 is 1.79 bits per heavy atom. The molecule has 2 aliphatic rings. The highest BCUT2D eigenvalue weighted by Gasteiger charge is 2.22. The number of aliphatic hydroxyl groups excluding tert-OH is 2. The molecule has 0 saturated carbocycles. The van der Waals surface area contributed by atoms with Gasteiger partial charge in [0.15, 0.2) is 0 Å². The van der Waals surface area contributed by atoms with Gasteiger partial charge >= 0.3 is 11.9 Å². The first-order chi connectivity index (χ1) is 22.7. The lowest BCUT2D eigenvalue weighted by molar-refractivity contribution is -0.152. The molecule has 3 unspecified atom stereocenters. The van der Waals surface area contributed by atoms with Gasteiger partial charge in [-0.25, -0.2) is 4.79 Å². The van der Waals surface area contributed by atoms with E-state index in [1.807, 2.05) is 0 Å². The van der Waals surface area contributed by atoms with E-state index in [1.165, 1.54) is 33.4 Å². The number of allylic oxidation sites excluding steroid dienone is 11. The van der Waals surface area contributed by atoms with Gasteiger partial charge in [0.2, 0.25) is 0 Å². The molecule has 47 heavy (non-hydrogen) atoms. The van der Waals surface area contributed by atoms with Crippen molar-refractivity contribution in [3.05, 3.63) is 118 Å². The minimum absolute atomic E-state index is 0.0124. The summed E-state index contributed by atoms with van der Waals surface area (Å²) in [6.07, 6.45) is 24.3. The molecule has 0 radical (unpaired) electrons. The Kier molecular flexibility index (Phi) is 15.9. The third kappa shape index (κ3) is 12.1. The normalized spacial score (nSPS) is 16.9. The first-order valence-corrected chi connectivity index (χ1v) is 17.2. The molecule has 2 N–H and O–H groups in total. The van der Waals surface area contributed by atoms with E-state index in [4.69, 9.17) is 14.6 Å². The predicted molar refractivity (Wildman–Crippen MR) is 190 cm³/mol. The van der Waals surface area contributed by atoms with Crippen LogP contribution in [0.15, 0.2) is 102 Å². The summed E-state index contributed by atoms with van der Waals surface area (Å²) in [5.74, 6) is -1.48. The second-order valence-corrected chi connectivity index (χ2v) is 12.8. The molecular weight excluding hydrogens is 588 g/mol. The molecule has 0 aromatic heterocycles. The second kappa shape index (κ2) is 19.8. The van der Waals surface area contributed by atoms with Crippen molar-refractivity contribution >= 4 is 11.9 Å². The molecule has 1 aromatic carbocycles. The summed E-state index contributed by atoms with van der Waals surface area (Å²) >= 11 is 0. The predicted octanol–water partition coefficient (Wildman–Crippen LogP) is 7.67. The van der Waals surface area contributed by atoms with Gasteiger partial charge in [0.05, 0.1) is 37.9 Å². The Balaban J connectivity index is 1.52. The summed E-state index contributed by atoms with van der Waals surface area (Å²) in [4.78, 5) is 24.1. The van der Waals surface area contributed by atoms with E-state index in [1.54, 1.807) is 6.92 Å². The fourth-order valence-electron chi connectivity index (χ4n) is 5.78. The second-order valence-electron chi connectivity index (χ2n) is 12.8. The number of esters is 2. The zero-order valence-corrected chi connectivity index (χ0v) is 28.6. The average molecular weight is 643 g/mol. The van der Waals surface area contributed by atoms with Gasteiger partial charge in [-0.05, 0) is 86.1 Å². The van der Waals surface area contributed by atoms with E-state index < -0.39 is 24.5 Å². The fourth-order valence-corrected chi connectivity index (χ4v) is 5.78. The van der Waals surface area contributed by atoms with Crippen LogP contribution in [0.5, 0.6) is 0 Å². The summed E-state index contributed by atoms with van der Waals surface area (Å²) in [5.41, 5.74) is 9.43. The maximum atomic E-state index is 12.1. The molecule has 0 heterocycles. The van der Waals surface area contributed by atoms with Crippen LogP contribution in [0.1, 0.15) is 76.0 Å². The van der Waals surface area contributed by atoms with Gasteiger partial charge in [-0.3, -0.25) is 4.79 Å². The van der Waals surface area contributed by atoms with Gasteiger partial charge < -0.3 is 19.7 Å². The van der Waals surface area contributed by atoms with Gasteiger partial charge in [0.25, 0.3) is 0 Å². The van der Waals surface area contributed by atoms with E-state index in [9.17, 15) is 14.7 Å². The largest absolute Gasteiger partial charge is 0.465 e. The van der Waals surface area contributed by atoms with Gasteiger partial charge in [-0.1, -0.05) is 105 Å². The zero-order valence-electron chi connectivity index (χ0n) is 28.6. The minimum Gasteiger partial charge on any atom is -0.465 e. The summed E-state index contributed by atoms with van der Waals surface area (Å²) in [5, 5.41) is 18.4. The van der Waals surface area contributed by atoms with Crippen LogP contribution in [0, 0.1) is 17.8 Å². The van der Waals surface area contributed by atoms with Crippen molar-refractivity contribution in [3.63, 3.8) is 0 Å². The molecule has 0 fully saturated rings. The number of carbonyl (C=O) groups is 2. The molecule has 3 rings (SSSR count). The first-order valence-electron chi connectivity index (χ1n) is 17.2. The van der Waals surface area contributed by atoms with Crippen molar-refractivity contribution in [1.82, 2.24) is 0 Å². The van der Waals surface area contributed by atoms with E-state index >= 15 is 0 Å². The molecule has 0 bridgehead atoms. The van der Waals surface area contributed by atoms with Crippen molar-refractivity contribution in [2.45, 2.75) is 78.6 Å². The molecule has 0 aliphatic heterocycles. The maximum Gasteiger partial charge on any atom is 0.335 e. The lowest BCUT2D eigenvalue weighted by atomic mass is 9.79. The highest BCUT2D eigenvalue weighted by Crippen LogP contribution is 2.36. The summed E-state index contributed by atoms with van der Waals surface area (Å²) in [6.45, 7) is 13.0. The first kappa shape index (κ1) is 37.7. The van der Waals surface area contributed by atoms with Crippen LogP contribution in [0.3, 0.4) is 0 Å². The standard InChI is InChI=1S/C41H54O6/c1-6-29(3)15-19-37-13-10-14-38-24-33(18-22-39(37)38)17-21-36-20-16-32(23-35(36)7-2)11-8-9-12-34(27-46-40(44)30(4)25-42)28-47-41(45)31(5)26-43/h10,13-16,18-20,22-23,31,34,38,42-43H,3-4,6-9,11-12,17,21,24-28H2,1-2,5H3/b19-15-. The maximum absolute atomic E-state index is 12.1. The number of aryl methyl sites for hydroxylation is 3. The van der Waals surface area contributed by atoms with Crippen LogP contribution in [-0.4, -0.2) is 48.6 Å². The number of ether oxygens (including phenoxy) is 2. The van der Waals surface area contributed by atoms with Crippen molar-refractivity contribution in [2.24, 2.45) is 17.8 Å². The third-order valence-corrected chi connectivity index (χ3v) is 9.05. The zero-order chi connectivity index (χ0) is 34.2. The Morgan fingerprint density at radius 3 is 2.51 bits per heavy atom. The quantitative estimate of drug-likeness (QED) is 0.0657. The molecule has 3 atom stereocenters. The Bertz CT molecular complexity index is 1400. The van der Waals surface area contributed by atoms with Crippen molar-refractivity contribution in [3.8, 4) is 0 Å². The molecule has 6 heteroatoms. The van der Waals surface area contributed by atoms with Crippen LogP contribution in [0.25, 0.3) is 0 Å². The molecular formula is C41H54O6. The number of fused-ring (bicyclic) bond motifs is 1. The Hall–Kier alpha value is -3.74. The number of benzene rings is 1. The van der Waals surface area contributed by atoms with E-state index in [-0.39, 0.29) is 31.3 Å². The highest BCUT2D eigenvalue weighted by atomic mass is 16.5. The smallest absolute Gasteiger partial charge is 0.335 e. The molecule has 2 aliphatic carbocycles. The van der Waals surface area contributed by atoms with Gasteiger partial charge in [-0.2, -0.15) is 0 Å². The van der Waals surface area contributed by atoms with E-state index in [0.717, 1.165) is 56.9 Å². The number of carbonyl (C=O) groups excluding carboxylic acids is 2. The van der Waals surface area contributed by atoms with Gasteiger partial charge in [-0.15, -0.1) is 0 Å². The summed E-state index contributed by atoms with van der Waals surface area (Å²) < 4.78 is 10.7. The molecule has 0 spiro atoms. The number of rotatable bonds is 20. The number of hydrogen-bond acceptors (Lipinski definition) is 6. The monoisotopic (exact) mass is 642 g/mol. The molecule has 0 amide bonds. The molecule has 0 saturated heterocycles. The van der Waals surface area contributed by atoms with Crippen LogP contribution in [0.4, 0.5) is 0 Å². The number of unbranched alkanes of at least 4 members (excludes halogenated alkanes) is 1. The van der Waals surface area contributed by atoms with Crippen LogP contribution >= 0.6 is 0 Å². The minimum atomic E-state index is -0.653. The SMILES string of the molecule is C=C(/C=C\C1=CC=CC2CC(CCc3ccc(CCCCC(COC(=O)C(=C)CO)COC(=O)C(C)CO)cc3CC)=CC=C12)CC. The van der Waals surface area contributed by atoms with Gasteiger partial charge in [0.1, 0.15) is 0 Å².